The van der Waals surface area contributed by atoms with Crippen LogP contribution in [-0.4, -0.2) is 5.91 Å². The summed E-state index contributed by atoms with van der Waals surface area (Å²) in [5.41, 5.74) is 9.63. The molecule has 0 aliphatic heterocycles. The van der Waals surface area contributed by atoms with Crippen molar-refractivity contribution in [1.82, 2.24) is 5.09 Å². The Hall–Kier alpha value is -0.380. The summed E-state index contributed by atoms with van der Waals surface area (Å²) in [6, 6.07) is 0. The molecule has 0 radical (unpaired) electrons. The molecule has 0 saturated heterocycles. The highest BCUT2D eigenvalue weighted by Gasteiger charge is 2.09. The van der Waals surface area contributed by atoms with Gasteiger partial charge in [-0.05, 0) is 0 Å². The zero-order valence-electron chi connectivity index (χ0n) is 5.13. The minimum absolute atomic E-state index is 0.235. The topological polar surface area (TPSA) is 98.2 Å². The largest absolute Gasteiger partial charge is 0.300 e. The summed E-state index contributed by atoms with van der Waals surface area (Å²) >= 11 is 0. The maximum absolute atomic E-state index is 10.4. The molecule has 0 rings (SSSR count). The molecule has 0 aliphatic rings. The van der Waals surface area contributed by atoms with Gasteiger partial charge in [-0.3, -0.25) is 25.5 Å². The molecule has 54 valence electrons. The molecule has 0 atom stereocenters. The fraction of sp³-hybridized carbons (Fsp3) is 0.667. The first-order chi connectivity index (χ1) is 3.95. The van der Waals surface area contributed by atoms with E-state index in [0.29, 0.717) is 0 Å². The first kappa shape index (κ1) is 8.62. The second kappa shape index (κ2) is 2.96. The second-order valence-electron chi connectivity index (χ2n) is 1.60. The molecule has 0 aliphatic carbocycles. The number of carbonyl (C=O) groups is 1. The highest BCUT2D eigenvalue weighted by Crippen LogP contribution is 2.16. The predicted molar refractivity (Wildman–Crippen MR) is 34.4 cm³/mol. The Balaban J connectivity index is 3.75. The SMILES string of the molecule is CCC(=O)NP(N)(N)=O. The van der Waals surface area contributed by atoms with Gasteiger partial charge in [0.25, 0.3) is 7.59 Å². The van der Waals surface area contributed by atoms with E-state index >= 15 is 0 Å². The first-order valence-electron chi connectivity index (χ1n) is 2.44. The van der Waals surface area contributed by atoms with Crippen molar-refractivity contribution < 1.29 is 9.36 Å². The quantitative estimate of drug-likeness (QED) is 0.465. The van der Waals surface area contributed by atoms with Gasteiger partial charge < -0.3 is 0 Å². The lowest BCUT2D eigenvalue weighted by Gasteiger charge is -2.05. The Bertz CT molecular complexity index is 151. The van der Waals surface area contributed by atoms with E-state index in [0.717, 1.165) is 0 Å². The van der Waals surface area contributed by atoms with E-state index in [4.69, 9.17) is 11.0 Å². The minimum Gasteiger partial charge on any atom is -0.283 e. The number of nitrogens with two attached hydrogens (primary N) is 2. The van der Waals surface area contributed by atoms with Gasteiger partial charge in [-0.25, -0.2) is 0 Å². The number of amides is 1. The van der Waals surface area contributed by atoms with Crippen molar-refractivity contribution in [3.63, 3.8) is 0 Å². The van der Waals surface area contributed by atoms with Crippen LogP contribution in [0, 0.1) is 0 Å². The van der Waals surface area contributed by atoms with E-state index in [1.807, 2.05) is 5.09 Å². The van der Waals surface area contributed by atoms with Gasteiger partial charge >= 0.3 is 0 Å². The summed E-state index contributed by atoms with van der Waals surface area (Å²) in [6.45, 7) is 1.62. The van der Waals surface area contributed by atoms with Gasteiger partial charge in [0.05, 0.1) is 0 Å². The van der Waals surface area contributed by atoms with Crippen LogP contribution in [0.4, 0.5) is 0 Å². The fourth-order valence-corrected chi connectivity index (χ4v) is 0.822. The molecule has 0 aromatic rings. The molecule has 6 heteroatoms. The molecule has 5 nitrogen and oxygen atoms in total. The number of carbonyl (C=O) groups excluding carboxylic acids is 1. The van der Waals surface area contributed by atoms with E-state index in [9.17, 15) is 9.36 Å². The van der Waals surface area contributed by atoms with Gasteiger partial charge in [0.1, 0.15) is 0 Å². The lowest BCUT2D eigenvalue weighted by atomic mass is 10.5. The molecule has 1 amide bonds. The predicted octanol–water partition coefficient (Wildman–Crippen LogP) is -0.462. The average Bonchev–Trinajstić information content (AvgIpc) is 1.62. The van der Waals surface area contributed by atoms with Crippen LogP contribution in [0.25, 0.3) is 0 Å². The molecule has 0 aromatic carbocycles. The highest BCUT2D eigenvalue weighted by molar-refractivity contribution is 7.57. The van der Waals surface area contributed by atoms with E-state index in [-0.39, 0.29) is 6.42 Å². The van der Waals surface area contributed by atoms with Crippen LogP contribution in [0.5, 0.6) is 0 Å². The Morgan fingerprint density at radius 3 is 2.22 bits per heavy atom. The smallest absolute Gasteiger partial charge is 0.283 e. The lowest BCUT2D eigenvalue weighted by Crippen LogP contribution is -2.27. The Labute approximate surface area is 53.3 Å². The second-order valence-corrected chi connectivity index (χ2v) is 3.24. The number of hydrogen-bond donors (Lipinski definition) is 3. The van der Waals surface area contributed by atoms with Crippen molar-refractivity contribution in [3.8, 4) is 0 Å². The normalized spacial score (nSPS) is 11.0. The molecule has 0 spiro atoms. The van der Waals surface area contributed by atoms with Gasteiger partial charge in [-0.15, -0.1) is 0 Å². The van der Waals surface area contributed by atoms with Crippen LogP contribution in [0.2, 0.25) is 0 Å². The van der Waals surface area contributed by atoms with E-state index in [1.54, 1.807) is 6.92 Å². The third-order valence-electron chi connectivity index (χ3n) is 0.621. The Kier molecular flexibility index (Phi) is 2.84. The molecule has 9 heavy (non-hydrogen) atoms. The van der Waals surface area contributed by atoms with Crippen molar-refractivity contribution in [2.75, 3.05) is 0 Å². The molecular weight excluding hydrogens is 141 g/mol. The maximum atomic E-state index is 10.4. The van der Waals surface area contributed by atoms with Crippen LogP contribution in [0.1, 0.15) is 13.3 Å². The summed E-state index contributed by atoms with van der Waals surface area (Å²) in [6.07, 6.45) is 0.235. The van der Waals surface area contributed by atoms with Gasteiger partial charge in [0, 0.05) is 6.42 Å². The van der Waals surface area contributed by atoms with Crippen molar-refractivity contribution in [1.29, 1.82) is 0 Å². The Morgan fingerprint density at radius 1 is 1.67 bits per heavy atom. The standard InChI is InChI=1S/C3H10N3O2P/c1-2-3(7)6-9(4,5)8/h2H2,1H3,(H5,4,5,6,7,8). The third-order valence-corrected chi connectivity index (χ3v) is 1.22. The van der Waals surface area contributed by atoms with E-state index in [1.165, 1.54) is 0 Å². The third kappa shape index (κ3) is 5.49. The fourth-order valence-electron chi connectivity index (χ4n) is 0.274. The molecule has 0 unspecified atom stereocenters. The van der Waals surface area contributed by atoms with E-state index in [2.05, 4.69) is 0 Å². The summed E-state index contributed by atoms with van der Waals surface area (Å²) in [4.78, 5) is 10.4. The molecule has 0 bridgehead atoms. The van der Waals surface area contributed by atoms with Gasteiger partial charge in [-0.1, -0.05) is 6.92 Å². The highest BCUT2D eigenvalue weighted by atomic mass is 31.2. The van der Waals surface area contributed by atoms with Crippen molar-refractivity contribution >= 4 is 13.5 Å². The van der Waals surface area contributed by atoms with Crippen LogP contribution < -0.4 is 16.1 Å². The van der Waals surface area contributed by atoms with Crippen LogP contribution in [0.15, 0.2) is 0 Å². The van der Waals surface area contributed by atoms with Gasteiger partial charge in [-0.2, -0.15) is 0 Å². The Morgan fingerprint density at radius 2 is 2.11 bits per heavy atom. The molecule has 0 heterocycles. The lowest BCUT2D eigenvalue weighted by molar-refractivity contribution is -0.119. The molecule has 0 aromatic heterocycles. The van der Waals surface area contributed by atoms with Gasteiger partial charge in [0.2, 0.25) is 5.91 Å². The number of rotatable bonds is 2. The number of hydrogen-bond acceptors (Lipinski definition) is 2. The average molecular weight is 151 g/mol. The summed E-state index contributed by atoms with van der Waals surface area (Å²) in [5, 5.41) is 1.94. The summed E-state index contributed by atoms with van der Waals surface area (Å²) < 4.78 is 10.4. The molecular formula is C3H10N3O2P. The zero-order chi connectivity index (χ0) is 7.49. The van der Waals surface area contributed by atoms with Crippen LogP contribution in [-0.2, 0) is 9.36 Å². The summed E-state index contributed by atoms with van der Waals surface area (Å²) in [5.74, 6) is -0.400. The van der Waals surface area contributed by atoms with E-state index < -0.39 is 13.5 Å². The van der Waals surface area contributed by atoms with Crippen LogP contribution in [0.3, 0.4) is 0 Å². The molecule has 5 N–H and O–H groups in total. The van der Waals surface area contributed by atoms with Crippen molar-refractivity contribution in [2.24, 2.45) is 11.0 Å². The number of nitrogens with one attached hydrogen (secondary N) is 1. The van der Waals surface area contributed by atoms with Crippen molar-refractivity contribution in [2.45, 2.75) is 13.3 Å². The van der Waals surface area contributed by atoms with Crippen molar-refractivity contribution in [3.05, 3.63) is 0 Å². The van der Waals surface area contributed by atoms with Crippen LogP contribution >= 0.6 is 7.59 Å². The molecule has 0 saturated carbocycles. The maximum Gasteiger partial charge on any atom is 0.300 e. The minimum atomic E-state index is -3.34. The molecule has 0 fully saturated rings. The van der Waals surface area contributed by atoms with Gasteiger partial charge in [0.15, 0.2) is 0 Å². The summed E-state index contributed by atoms with van der Waals surface area (Å²) in [7, 11) is -3.34. The zero-order valence-corrected chi connectivity index (χ0v) is 6.02. The monoisotopic (exact) mass is 151 g/mol. The first-order valence-corrected chi connectivity index (χ1v) is 4.28.